The molecule has 4 atom stereocenters. The number of aromatic nitrogens is 2. The van der Waals surface area contributed by atoms with Crippen molar-refractivity contribution in [2.24, 2.45) is 23.7 Å². The zero-order chi connectivity index (χ0) is 11.6. The fourth-order valence-corrected chi connectivity index (χ4v) is 4.25. The standard InChI is InChI=1S/C12H17N5/c13-7-4-8(17-12(14)15-7)16-11-9-5-1-2-6(3-5)10(9)11/h4-6,9-11H,1-3H2,(H5,13,14,15,16,17). The molecular formula is C12H17N5. The Kier molecular flexibility index (Phi) is 1.69. The van der Waals surface area contributed by atoms with E-state index in [-0.39, 0.29) is 5.95 Å². The summed E-state index contributed by atoms with van der Waals surface area (Å²) in [5.74, 6) is 5.15. The van der Waals surface area contributed by atoms with Crippen molar-refractivity contribution in [3.8, 4) is 0 Å². The van der Waals surface area contributed by atoms with E-state index >= 15 is 0 Å². The van der Waals surface area contributed by atoms with Crippen LogP contribution in [0.3, 0.4) is 0 Å². The lowest BCUT2D eigenvalue weighted by molar-refractivity contribution is 0.456. The number of nitrogens with zero attached hydrogens (tertiary/aromatic N) is 2. The van der Waals surface area contributed by atoms with Gasteiger partial charge in [-0.2, -0.15) is 9.97 Å². The lowest BCUT2D eigenvalue weighted by atomic mass is 10.0. The molecule has 5 nitrogen and oxygen atoms in total. The maximum Gasteiger partial charge on any atom is 0.223 e. The van der Waals surface area contributed by atoms with E-state index in [2.05, 4.69) is 15.3 Å². The molecule has 0 aromatic carbocycles. The molecule has 0 radical (unpaired) electrons. The largest absolute Gasteiger partial charge is 0.383 e. The molecule has 1 aromatic rings. The molecule has 0 spiro atoms. The highest BCUT2D eigenvalue weighted by molar-refractivity contribution is 5.50. The molecule has 3 aliphatic carbocycles. The molecule has 5 heteroatoms. The quantitative estimate of drug-likeness (QED) is 0.709. The summed E-state index contributed by atoms with van der Waals surface area (Å²) in [5, 5.41) is 3.49. The smallest absolute Gasteiger partial charge is 0.223 e. The highest BCUT2D eigenvalue weighted by atomic mass is 15.1. The first-order valence-corrected chi connectivity index (χ1v) is 6.39. The van der Waals surface area contributed by atoms with Gasteiger partial charge in [0.05, 0.1) is 0 Å². The Morgan fingerprint density at radius 2 is 1.82 bits per heavy atom. The second kappa shape index (κ2) is 3.03. The van der Waals surface area contributed by atoms with Crippen molar-refractivity contribution in [1.82, 2.24) is 9.97 Å². The van der Waals surface area contributed by atoms with Gasteiger partial charge in [-0.05, 0) is 42.9 Å². The lowest BCUT2D eigenvalue weighted by Gasteiger charge is -2.11. The average molecular weight is 231 g/mol. The van der Waals surface area contributed by atoms with Crippen LogP contribution in [0.4, 0.5) is 17.6 Å². The second-order valence-corrected chi connectivity index (χ2v) is 5.69. The van der Waals surface area contributed by atoms with Gasteiger partial charge in [0.1, 0.15) is 11.6 Å². The zero-order valence-electron chi connectivity index (χ0n) is 9.63. The molecule has 1 heterocycles. The summed E-state index contributed by atoms with van der Waals surface area (Å²) < 4.78 is 0. The van der Waals surface area contributed by atoms with Crippen LogP contribution >= 0.6 is 0 Å². The Morgan fingerprint density at radius 1 is 1.12 bits per heavy atom. The van der Waals surface area contributed by atoms with Gasteiger partial charge in [0.25, 0.3) is 0 Å². The normalized spacial score (nSPS) is 41.3. The Morgan fingerprint density at radius 3 is 2.47 bits per heavy atom. The van der Waals surface area contributed by atoms with Crippen molar-refractivity contribution in [1.29, 1.82) is 0 Å². The van der Waals surface area contributed by atoms with E-state index in [9.17, 15) is 0 Å². The molecule has 0 saturated heterocycles. The summed E-state index contributed by atoms with van der Waals surface area (Å²) in [4.78, 5) is 8.07. The molecule has 4 rings (SSSR count). The minimum Gasteiger partial charge on any atom is -0.383 e. The first-order chi connectivity index (χ1) is 8.22. The Hall–Kier alpha value is -1.52. The third-order valence-electron chi connectivity index (χ3n) is 4.81. The predicted octanol–water partition coefficient (Wildman–Crippen LogP) is 1.10. The first kappa shape index (κ1) is 9.50. The van der Waals surface area contributed by atoms with Crippen LogP contribution in [0.5, 0.6) is 0 Å². The molecule has 0 amide bonds. The van der Waals surface area contributed by atoms with Gasteiger partial charge in [0.15, 0.2) is 0 Å². The van der Waals surface area contributed by atoms with Gasteiger partial charge in [0.2, 0.25) is 5.95 Å². The van der Waals surface area contributed by atoms with Gasteiger partial charge in [-0.15, -0.1) is 0 Å². The zero-order valence-corrected chi connectivity index (χ0v) is 9.63. The molecule has 1 aromatic heterocycles. The van der Waals surface area contributed by atoms with E-state index < -0.39 is 0 Å². The minimum atomic E-state index is 0.251. The summed E-state index contributed by atoms with van der Waals surface area (Å²) in [6.45, 7) is 0. The fourth-order valence-electron chi connectivity index (χ4n) is 4.25. The van der Waals surface area contributed by atoms with E-state index in [1.807, 2.05) is 0 Å². The fraction of sp³-hybridized carbons (Fsp3) is 0.667. The first-order valence-electron chi connectivity index (χ1n) is 6.39. The summed E-state index contributed by atoms with van der Waals surface area (Å²) in [6, 6.07) is 2.38. The highest BCUT2D eigenvalue weighted by Crippen LogP contribution is 2.66. The van der Waals surface area contributed by atoms with Gasteiger partial charge in [-0.3, -0.25) is 0 Å². The lowest BCUT2D eigenvalue weighted by Crippen LogP contribution is -2.14. The second-order valence-electron chi connectivity index (χ2n) is 5.69. The van der Waals surface area contributed by atoms with E-state index in [0.717, 1.165) is 29.5 Å². The molecule has 17 heavy (non-hydrogen) atoms. The van der Waals surface area contributed by atoms with Gasteiger partial charge in [-0.1, -0.05) is 0 Å². The van der Waals surface area contributed by atoms with Crippen LogP contribution in [0.1, 0.15) is 19.3 Å². The Bertz CT molecular complexity index is 438. The SMILES string of the molecule is Nc1cc(NC2C3C4CCC(C4)C23)nc(N)n1. The molecule has 90 valence electrons. The topological polar surface area (TPSA) is 89.8 Å². The molecule has 3 saturated carbocycles. The molecular weight excluding hydrogens is 214 g/mol. The van der Waals surface area contributed by atoms with Gasteiger partial charge >= 0.3 is 0 Å². The number of rotatable bonds is 2. The van der Waals surface area contributed by atoms with Crippen LogP contribution in [0, 0.1) is 23.7 Å². The van der Waals surface area contributed by atoms with Crippen LogP contribution < -0.4 is 16.8 Å². The van der Waals surface area contributed by atoms with Gasteiger partial charge in [-0.25, -0.2) is 0 Å². The number of nitrogens with one attached hydrogen (secondary N) is 1. The van der Waals surface area contributed by atoms with Crippen LogP contribution in [-0.4, -0.2) is 16.0 Å². The summed E-state index contributed by atoms with van der Waals surface area (Å²) in [6.07, 6.45) is 4.32. The van der Waals surface area contributed by atoms with Crippen molar-refractivity contribution >= 4 is 17.6 Å². The van der Waals surface area contributed by atoms with Crippen LogP contribution in [0.2, 0.25) is 0 Å². The summed E-state index contributed by atoms with van der Waals surface area (Å²) in [5.41, 5.74) is 11.3. The summed E-state index contributed by atoms with van der Waals surface area (Å²) >= 11 is 0. The van der Waals surface area contributed by atoms with Crippen molar-refractivity contribution in [2.75, 3.05) is 16.8 Å². The number of nitrogens with two attached hydrogens (primary N) is 2. The number of hydrogen-bond donors (Lipinski definition) is 3. The molecule has 0 aliphatic heterocycles. The summed E-state index contributed by atoms with van der Waals surface area (Å²) in [7, 11) is 0. The maximum atomic E-state index is 5.67. The molecule has 2 bridgehead atoms. The molecule has 4 unspecified atom stereocenters. The van der Waals surface area contributed by atoms with E-state index in [1.54, 1.807) is 6.07 Å². The van der Waals surface area contributed by atoms with Gasteiger partial charge < -0.3 is 16.8 Å². The minimum absolute atomic E-state index is 0.251. The monoisotopic (exact) mass is 231 g/mol. The number of anilines is 3. The Labute approximate surface area is 100 Å². The Balaban J connectivity index is 1.52. The molecule has 5 N–H and O–H groups in total. The van der Waals surface area contributed by atoms with Crippen molar-refractivity contribution < 1.29 is 0 Å². The number of fused-ring (bicyclic) bond motifs is 5. The van der Waals surface area contributed by atoms with Crippen molar-refractivity contribution in [3.63, 3.8) is 0 Å². The van der Waals surface area contributed by atoms with Crippen molar-refractivity contribution in [3.05, 3.63) is 6.07 Å². The van der Waals surface area contributed by atoms with Crippen LogP contribution in [0.15, 0.2) is 6.07 Å². The maximum absolute atomic E-state index is 5.67. The van der Waals surface area contributed by atoms with E-state index in [0.29, 0.717) is 11.9 Å². The van der Waals surface area contributed by atoms with E-state index in [4.69, 9.17) is 11.5 Å². The molecule has 3 aliphatic rings. The molecule has 3 fully saturated rings. The third kappa shape index (κ3) is 1.31. The van der Waals surface area contributed by atoms with Crippen molar-refractivity contribution in [2.45, 2.75) is 25.3 Å². The number of nitrogen functional groups attached to an aromatic ring is 2. The number of hydrogen-bond acceptors (Lipinski definition) is 5. The average Bonchev–Trinajstić information content (AvgIpc) is 2.69. The van der Waals surface area contributed by atoms with Crippen LogP contribution in [-0.2, 0) is 0 Å². The highest BCUT2D eigenvalue weighted by Gasteiger charge is 2.65. The predicted molar refractivity (Wildman–Crippen MR) is 66.1 cm³/mol. The third-order valence-corrected chi connectivity index (χ3v) is 4.81. The van der Waals surface area contributed by atoms with Crippen LogP contribution in [0.25, 0.3) is 0 Å². The van der Waals surface area contributed by atoms with E-state index in [1.165, 1.54) is 19.3 Å². The van der Waals surface area contributed by atoms with Gasteiger partial charge in [0, 0.05) is 12.1 Å².